The van der Waals surface area contributed by atoms with Crippen LogP contribution in [-0.2, 0) is 4.79 Å². The van der Waals surface area contributed by atoms with E-state index in [1.165, 1.54) is 6.07 Å². The molecule has 0 radical (unpaired) electrons. The van der Waals surface area contributed by atoms with Gasteiger partial charge >= 0.3 is 5.63 Å². The van der Waals surface area contributed by atoms with E-state index >= 15 is 0 Å². The zero-order valence-electron chi connectivity index (χ0n) is 16.5. The zero-order chi connectivity index (χ0) is 20.9. The van der Waals surface area contributed by atoms with Crippen molar-refractivity contribution >= 4 is 16.9 Å². The van der Waals surface area contributed by atoms with Gasteiger partial charge in [-0.15, -0.1) is 0 Å². The average Bonchev–Trinajstić information content (AvgIpc) is 2.77. The first-order valence-electron chi connectivity index (χ1n) is 9.67. The third kappa shape index (κ3) is 4.41. The van der Waals surface area contributed by atoms with Crippen molar-refractivity contribution in [3.05, 3.63) is 112 Å². The summed E-state index contributed by atoms with van der Waals surface area (Å²) in [6.07, 6.45) is 0. The lowest BCUT2D eigenvalue weighted by Crippen LogP contribution is -2.33. The molecule has 1 heterocycles. The lowest BCUT2D eigenvalue weighted by molar-refractivity contribution is -0.123. The highest BCUT2D eigenvalue weighted by atomic mass is 16.5. The summed E-state index contributed by atoms with van der Waals surface area (Å²) in [5, 5.41) is 3.87. The van der Waals surface area contributed by atoms with Gasteiger partial charge in [-0.1, -0.05) is 60.7 Å². The largest absolute Gasteiger partial charge is 0.484 e. The molecule has 0 aliphatic carbocycles. The number of fused-ring (bicyclic) bond motifs is 1. The minimum atomic E-state index is -0.413. The summed E-state index contributed by atoms with van der Waals surface area (Å²) in [5.74, 6) is 0.209. The van der Waals surface area contributed by atoms with E-state index in [0.717, 1.165) is 22.1 Å². The van der Waals surface area contributed by atoms with Crippen LogP contribution in [-0.4, -0.2) is 12.5 Å². The molecule has 0 atom stereocenters. The van der Waals surface area contributed by atoms with E-state index in [1.54, 1.807) is 12.1 Å². The first-order valence-corrected chi connectivity index (χ1v) is 9.67. The Morgan fingerprint density at radius 2 is 1.57 bits per heavy atom. The van der Waals surface area contributed by atoms with E-state index < -0.39 is 5.63 Å². The second kappa shape index (κ2) is 8.66. The molecule has 5 heteroatoms. The molecule has 1 aromatic heterocycles. The molecule has 150 valence electrons. The van der Waals surface area contributed by atoms with Gasteiger partial charge in [-0.05, 0) is 35.7 Å². The Labute approximate surface area is 173 Å². The van der Waals surface area contributed by atoms with E-state index in [4.69, 9.17) is 9.15 Å². The van der Waals surface area contributed by atoms with E-state index in [1.807, 2.05) is 73.7 Å². The van der Waals surface area contributed by atoms with E-state index in [9.17, 15) is 9.59 Å². The Morgan fingerprint density at radius 3 is 2.20 bits per heavy atom. The monoisotopic (exact) mass is 399 g/mol. The maximum atomic E-state index is 12.6. The number of nitrogens with one attached hydrogen (secondary N) is 1. The van der Waals surface area contributed by atoms with Crippen molar-refractivity contribution in [2.45, 2.75) is 13.0 Å². The van der Waals surface area contributed by atoms with Crippen molar-refractivity contribution in [2.24, 2.45) is 0 Å². The van der Waals surface area contributed by atoms with Crippen LogP contribution in [0.5, 0.6) is 5.75 Å². The summed E-state index contributed by atoms with van der Waals surface area (Å²) in [6.45, 7) is 1.69. The summed E-state index contributed by atoms with van der Waals surface area (Å²) in [4.78, 5) is 24.2. The molecule has 0 saturated heterocycles. The lowest BCUT2D eigenvalue weighted by atomic mass is 9.99. The van der Waals surface area contributed by atoms with Crippen LogP contribution >= 0.6 is 0 Å². The average molecular weight is 399 g/mol. The van der Waals surface area contributed by atoms with Gasteiger partial charge in [0.05, 0.1) is 6.04 Å². The van der Waals surface area contributed by atoms with Crippen molar-refractivity contribution in [1.82, 2.24) is 5.32 Å². The molecule has 0 saturated carbocycles. The zero-order valence-corrected chi connectivity index (χ0v) is 16.5. The van der Waals surface area contributed by atoms with Crippen LogP contribution in [0.3, 0.4) is 0 Å². The number of carbonyl (C=O) groups is 1. The van der Waals surface area contributed by atoms with Crippen molar-refractivity contribution < 1.29 is 13.9 Å². The molecule has 5 nitrogen and oxygen atoms in total. The quantitative estimate of drug-likeness (QED) is 0.489. The topological polar surface area (TPSA) is 68.5 Å². The van der Waals surface area contributed by atoms with E-state index in [-0.39, 0.29) is 18.6 Å². The maximum absolute atomic E-state index is 12.6. The summed E-state index contributed by atoms with van der Waals surface area (Å²) in [5.41, 5.74) is 2.83. The van der Waals surface area contributed by atoms with Gasteiger partial charge in [0.2, 0.25) is 0 Å². The molecule has 1 amide bonds. The third-order valence-corrected chi connectivity index (χ3v) is 4.86. The highest BCUT2D eigenvalue weighted by molar-refractivity contribution is 5.82. The Kier molecular flexibility index (Phi) is 5.61. The number of aryl methyl sites for hydroxylation is 1. The smallest absolute Gasteiger partial charge is 0.336 e. The van der Waals surface area contributed by atoms with Gasteiger partial charge in [-0.25, -0.2) is 4.79 Å². The summed E-state index contributed by atoms with van der Waals surface area (Å²) in [6, 6.07) is 25.9. The third-order valence-electron chi connectivity index (χ3n) is 4.86. The first-order chi connectivity index (χ1) is 14.6. The van der Waals surface area contributed by atoms with Crippen LogP contribution in [0.25, 0.3) is 11.0 Å². The number of carbonyl (C=O) groups excluding carboxylic acids is 1. The molecule has 30 heavy (non-hydrogen) atoms. The van der Waals surface area contributed by atoms with E-state index in [0.29, 0.717) is 11.3 Å². The number of hydrogen-bond acceptors (Lipinski definition) is 4. The fourth-order valence-electron chi connectivity index (χ4n) is 3.40. The Morgan fingerprint density at radius 1 is 0.933 bits per heavy atom. The fourth-order valence-corrected chi connectivity index (χ4v) is 3.40. The molecule has 4 rings (SSSR count). The Balaban J connectivity index is 1.49. The van der Waals surface area contributed by atoms with Crippen LogP contribution in [0.4, 0.5) is 0 Å². The number of hydrogen-bond donors (Lipinski definition) is 1. The van der Waals surface area contributed by atoms with Crippen LogP contribution < -0.4 is 15.7 Å². The van der Waals surface area contributed by atoms with Gasteiger partial charge in [-0.3, -0.25) is 4.79 Å². The summed E-state index contributed by atoms with van der Waals surface area (Å²) in [7, 11) is 0. The van der Waals surface area contributed by atoms with Crippen molar-refractivity contribution in [2.75, 3.05) is 6.61 Å². The molecule has 0 unspecified atom stereocenters. The molecule has 4 aromatic rings. The summed E-state index contributed by atoms with van der Waals surface area (Å²) >= 11 is 0. The molecule has 0 fully saturated rings. The predicted molar refractivity (Wildman–Crippen MR) is 116 cm³/mol. The molecule has 0 spiro atoms. The number of amides is 1. The van der Waals surface area contributed by atoms with Crippen LogP contribution in [0.1, 0.15) is 22.7 Å². The number of ether oxygens (including phenoxy) is 1. The minimum absolute atomic E-state index is 0.155. The van der Waals surface area contributed by atoms with Crippen LogP contribution in [0.15, 0.2) is 94.1 Å². The number of benzene rings is 3. The fraction of sp³-hybridized carbons (Fsp3) is 0.120. The molecular formula is C25H21NO4. The molecule has 0 aliphatic heterocycles. The van der Waals surface area contributed by atoms with Gasteiger partial charge in [-0.2, -0.15) is 0 Å². The van der Waals surface area contributed by atoms with Gasteiger partial charge in [0.1, 0.15) is 11.3 Å². The minimum Gasteiger partial charge on any atom is -0.484 e. The lowest BCUT2D eigenvalue weighted by Gasteiger charge is -2.20. The van der Waals surface area contributed by atoms with Gasteiger partial charge in [0, 0.05) is 17.5 Å². The molecule has 1 N–H and O–H groups in total. The molecular weight excluding hydrogens is 378 g/mol. The van der Waals surface area contributed by atoms with Crippen molar-refractivity contribution in [3.8, 4) is 5.75 Å². The van der Waals surface area contributed by atoms with Gasteiger partial charge in [0.15, 0.2) is 6.61 Å². The number of rotatable bonds is 6. The normalized spacial score (nSPS) is 10.9. The van der Waals surface area contributed by atoms with E-state index in [2.05, 4.69) is 5.32 Å². The maximum Gasteiger partial charge on any atom is 0.336 e. The van der Waals surface area contributed by atoms with Gasteiger partial charge in [0.25, 0.3) is 5.91 Å². The summed E-state index contributed by atoms with van der Waals surface area (Å²) < 4.78 is 10.9. The van der Waals surface area contributed by atoms with Crippen molar-refractivity contribution in [3.63, 3.8) is 0 Å². The second-order valence-corrected chi connectivity index (χ2v) is 7.02. The highest BCUT2D eigenvalue weighted by Gasteiger charge is 2.17. The first kappa shape index (κ1) is 19.5. The second-order valence-electron chi connectivity index (χ2n) is 7.02. The molecule has 0 bridgehead atoms. The van der Waals surface area contributed by atoms with Crippen molar-refractivity contribution in [1.29, 1.82) is 0 Å². The Bertz CT molecular complexity index is 1180. The highest BCUT2D eigenvalue weighted by Crippen LogP contribution is 2.23. The standard InChI is InChI=1S/C25H21NO4/c1-17-14-24(28)30-22-15-20(12-13-21(17)22)29-16-23(27)26-25(18-8-4-2-5-9-18)19-10-6-3-7-11-19/h2-15,25H,16H2,1H3,(H,26,27). The van der Waals surface area contributed by atoms with Gasteiger partial charge < -0.3 is 14.5 Å². The predicted octanol–water partition coefficient (Wildman–Crippen LogP) is 4.39. The SMILES string of the molecule is Cc1cc(=O)oc2cc(OCC(=O)NC(c3ccccc3)c3ccccc3)ccc12. The van der Waals surface area contributed by atoms with Crippen LogP contribution in [0.2, 0.25) is 0 Å². The Hall–Kier alpha value is -3.86. The van der Waals surface area contributed by atoms with Crippen LogP contribution in [0, 0.1) is 6.92 Å². The molecule has 3 aromatic carbocycles. The molecule has 0 aliphatic rings.